The molecule has 98 valence electrons. The third-order valence-electron chi connectivity index (χ3n) is 2.06. The van der Waals surface area contributed by atoms with Crippen LogP contribution in [0.4, 0.5) is 0 Å². The van der Waals surface area contributed by atoms with Gasteiger partial charge in [0.25, 0.3) is 0 Å². The molecule has 0 rings (SSSR count). The van der Waals surface area contributed by atoms with E-state index >= 15 is 0 Å². The van der Waals surface area contributed by atoms with Crippen LogP contribution in [-0.4, -0.2) is 61.5 Å². The van der Waals surface area contributed by atoms with E-state index in [-0.39, 0.29) is 21.4 Å². The van der Waals surface area contributed by atoms with Gasteiger partial charge in [0.15, 0.2) is 0 Å². The Labute approximate surface area is 105 Å². The van der Waals surface area contributed by atoms with Crippen LogP contribution in [0.3, 0.4) is 0 Å². The molecule has 0 radical (unpaired) electrons. The average molecular weight is 311 g/mol. The number of aliphatic carboxylic acids is 2. The van der Waals surface area contributed by atoms with E-state index in [1.165, 1.54) is 0 Å². The molecule has 0 aromatic heterocycles. The SMILES string of the molecule is C[Se]C[C@H](NC(CC(=O)O)[C@H](N)C=O)C(=O)O. The van der Waals surface area contributed by atoms with Crippen LogP contribution < -0.4 is 11.1 Å². The molecule has 0 amide bonds. The van der Waals surface area contributed by atoms with Crippen LogP contribution in [0.15, 0.2) is 0 Å². The first kappa shape index (κ1) is 16.0. The second-order valence-corrected chi connectivity index (χ2v) is 5.34. The summed E-state index contributed by atoms with van der Waals surface area (Å²) in [6.07, 6.45) is 0.0248. The van der Waals surface area contributed by atoms with Gasteiger partial charge in [0.05, 0.1) is 0 Å². The van der Waals surface area contributed by atoms with E-state index < -0.39 is 30.1 Å². The van der Waals surface area contributed by atoms with E-state index in [1.807, 2.05) is 5.82 Å². The number of carbonyl (C=O) groups is 3. The van der Waals surface area contributed by atoms with E-state index in [2.05, 4.69) is 5.32 Å². The molecule has 1 unspecified atom stereocenters. The third-order valence-corrected chi connectivity index (χ3v) is 3.46. The van der Waals surface area contributed by atoms with Crippen molar-refractivity contribution < 1.29 is 24.6 Å². The fourth-order valence-electron chi connectivity index (χ4n) is 1.20. The first-order valence-electron chi connectivity index (χ1n) is 4.82. The predicted octanol–water partition coefficient (Wildman–Crippen LogP) is -1.43. The van der Waals surface area contributed by atoms with Crippen LogP contribution in [-0.2, 0) is 14.4 Å². The van der Waals surface area contributed by atoms with Gasteiger partial charge in [0.1, 0.15) is 0 Å². The van der Waals surface area contributed by atoms with Gasteiger partial charge in [0.2, 0.25) is 0 Å². The van der Waals surface area contributed by atoms with Gasteiger partial charge in [-0.1, -0.05) is 0 Å². The molecule has 0 aromatic carbocycles. The summed E-state index contributed by atoms with van der Waals surface area (Å²) in [5.41, 5.74) is 5.43. The molecule has 5 N–H and O–H groups in total. The van der Waals surface area contributed by atoms with E-state index in [4.69, 9.17) is 15.9 Å². The first-order chi connectivity index (χ1) is 7.92. The number of aldehydes is 1. The molecule has 0 aliphatic carbocycles. The van der Waals surface area contributed by atoms with Crippen molar-refractivity contribution in [1.29, 1.82) is 0 Å². The van der Waals surface area contributed by atoms with Gasteiger partial charge < -0.3 is 0 Å². The summed E-state index contributed by atoms with van der Waals surface area (Å²) in [5.74, 6) is -0.329. The molecule has 0 saturated heterocycles. The fourth-order valence-corrected chi connectivity index (χ4v) is 2.41. The summed E-state index contributed by atoms with van der Waals surface area (Å²) in [6.45, 7) is 0. The van der Waals surface area contributed by atoms with Crippen molar-refractivity contribution in [3.05, 3.63) is 0 Å². The van der Waals surface area contributed by atoms with Gasteiger partial charge in [-0.15, -0.1) is 0 Å². The van der Waals surface area contributed by atoms with Gasteiger partial charge in [0, 0.05) is 0 Å². The Balaban J connectivity index is 4.62. The molecular formula is C9H16N2O5Se. The molecule has 7 nitrogen and oxygen atoms in total. The van der Waals surface area contributed by atoms with Crippen molar-refractivity contribution in [2.24, 2.45) is 5.73 Å². The number of rotatable bonds is 9. The van der Waals surface area contributed by atoms with Crippen LogP contribution in [0, 0.1) is 0 Å². The Morgan fingerprint density at radius 3 is 2.41 bits per heavy atom. The van der Waals surface area contributed by atoms with E-state index in [0.29, 0.717) is 11.6 Å². The second kappa shape index (κ2) is 8.19. The normalized spacial score (nSPS) is 15.9. The third kappa shape index (κ3) is 6.38. The van der Waals surface area contributed by atoms with E-state index in [9.17, 15) is 14.4 Å². The quantitative estimate of drug-likeness (QED) is 0.303. The zero-order valence-electron chi connectivity index (χ0n) is 9.33. The van der Waals surface area contributed by atoms with Crippen molar-refractivity contribution >= 4 is 33.2 Å². The zero-order valence-corrected chi connectivity index (χ0v) is 11.0. The summed E-state index contributed by atoms with van der Waals surface area (Å²) in [7, 11) is 0. The van der Waals surface area contributed by atoms with E-state index in [1.54, 1.807) is 0 Å². The number of carbonyl (C=O) groups excluding carboxylic acids is 1. The topological polar surface area (TPSA) is 130 Å². The Bertz CT molecular complexity index is 287. The van der Waals surface area contributed by atoms with Gasteiger partial charge in [-0.3, -0.25) is 0 Å². The molecule has 8 heteroatoms. The molecule has 3 atom stereocenters. The molecular weight excluding hydrogens is 295 g/mol. The molecule has 0 aliphatic rings. The predicted molar refractivity (Wildman–Crippen MR) is 61.1 cm³/mol. The Kier molecular flexibility index (Phi) is 7.73. The van der Waals surface area contributed by atoms with Crippen LogP contribution in [0.2, 0.25) is 11.1 Å². The standard InChI is InChI=1S/C9H16N2O5Se/c1-17-4-7(9(15)16)11-6(2-8(13)14)5(10)3-12/h3,5-7,11H,2,4,10H2,1H3,(H,13,14)(H,15,16)/t5-,6?,7+/m1/s1. The minimum atomic E-state index is -1.13. The number of nitrogens with one attached hydrogen (secondary N) is 1. The summed E-state index contributed by atoms with van der Waals surface area (Å²) in [4.78, 5) is 32.0. The monoisotopic (exact) mass is 312 g/mol. The molecule has 0 bridgehead atoms. The maximum absolute atomic E-state index is 10.9. The van der Waals surface area contributed by atoms with Crippen LogP contribution in [0.5, 0.6) is 0 Å². The number of hydrogen-bond acceptors (Lipinski definition) is 5. The molecule has 0 saturated carbocycles. The molecule has 0 aliphatic heterocycles. The molecule has 0 spiro atoms. The maximum atomic E-state index is 10.9. The van der Waals surface area contributed by atoms with Crippen molar-refractivity contribution in [1.82, 2.24) is 5.32 Å². The van der Waals surface area contributed by atoms with Crippen LogP contribution >= 0.6 is 0 Å². The molecule has 17 heavy (non-hydrogen) atoms. The number of hydrogen-bond donors (Lipinski definition) is 4. The zero-order chi connectivity index (χ0) is 13.4. The summed E-state index contributed by atoms with van der Waals surface area (Å²) < 4.78 is 0. The van der Waals surface area contributed by atoms with E-state index in [0.717, 1.165) is 0 Å². The molecule has 0 fully saturated rings. The number of nitrogens with two attached hydrogens (primary N) is 1. The summed E-state index contributed by atoms with van der Waals surface area (Å²) in [5, 5.41) is 20.6. The second-order valence-electron chi connectivity index (χ2n) is 3.43. The van der Waals surface area contributed by atoms with Crippen molar-refractivity contribution in [2.75, 3.05) is 0 Å². The summed E-state index contributed by atoms with van der Waals surface area (Å²) in [6, 6.07) is -2.76. The minimum absolute atomic E-state index is 0.120. The van der Waals surface area contributed by atoms with Gasteiger partial charge in [-0.25, -0.2) is 0 Å². The van der Waals surface area contributed by atoms with Crippen LogP contribution in [0.25, 0.3) is 0 Å². The van der Waals surface area contributed by atoms with Gasteiger partial charge >= 0.3 is 105 Å². The van der Waals surface area contributed by atoms with Gasteiger partial charge in [-0.05, 0) is 0 Å². The average Bonchev–Trinajstić information content (AvgIpc) is 2.25. The molecule has 0 heterocycles. The van der Waals surface area contributed by atoms with Crippen molar-refractivity contribution in [3.63, 3.8) is 0 Å². The summed E-state index contributed by atoms with van der Waals surface area (Å²) >= 11 is 0.120. The van der Waals surface area contributed by atoms with Crippen molar-refractivity contribution in [3.8, 4) is 0 Å². The van der Waals surface area contributed by atoms with Gasteiger partial charge in [-0.2, -0.15) is 0 Å². The molecule has 0 aromatic rings. The van der Waals surface area contributed by atoms with Crippen LogP contribution in [0.1, 0.15) is 6.42 Å². The number of carboxylic acid groups (broad SMARTS) is 2. The Morgan fingerprint density at radius 1 is 1.47 bits per heavy atom. The fraction of sp³-hybridized carbons (Fsp3) is 0.667. The number of carboxylic acids is 2. The Morgan fingerprint density at radius 2 is 2.06 bits per heavy atom. The first-order valence-corrected chi connectivity index (χ1v) is 7.75. The Hall–Kier alpha value is -0.951. The van der Waals surface area contributed by atoms with Crippen molar-refractivity contribution in [2.45, 2.75) is 35.7 Å².